The van der Waals surface area contributed by atoms with Crippen molar-refractivity contribution in [2.24, 2.45) is 0 Å². The number of alkyl halides is 1. The fraction of sp³-hybridized carbons (Fsp3) is 0.750. The second-order valence-corrected chi connectivity index (χ2v) is 4.06. The lowest BCUT2D eigenvalue weighted by Gasteiger charge is -2.19. The molecule has 0 radical (unpaired) electrons. The van der Waals surface area contributed by atoms with Crippen molar-refractivity contribution in [1.82, 2.24) is 5.32 Å². The number of ether oxygens (including phenoxy) is 1. The predicted octanol–water partition coefficient (Wildman–Crippen LogP) is 0.839. The Morgan fingerprint density at radius 2 is 1.92 bits per heavy atom. The maximum atomic E-state index is 11.0. The first-order valence-electron chi connectivity index (χ1n) is 3.89. The predicted molar refractivity (Wildman–Crippen MR) is 52.6 cm³/mol. The second-order valence-electron chi connectivity index (χ2n) is 3.50. The van der Waals surface area contributed by atoms with E-state index < -0.39 is 11.6 Å². The van der Waals surface area contributed by atoms with Crippen LogP contribution in [-0.4, -0.2) is 29.4 Å². The van der Waals surface area contributed by atoms with Crippen LogP contribution in [0.15, 0.2) is 0 Å². The molecule has 76 valence electrons. The zero-order valence-electron chi connectivity index (χ0n) is 8.02. The van der Waals surface area contributed by atoms with Gasteiger partial charge in [0.05, 0.1) is 5.33 Å². The Labute approximate surface area is 86.1 Å². The van der Waals surface area contributed by atoms with Gasteiger partial charge in [-0.05, 0) is 20.8 Å². The standard InChI is InChI=1S/C8H14BrNO3/c1-8(2,3)13-7(12)5-10-6(11)4-9/h4-5H2,1-3H3,(H,10,11). The molecule has 0 saturated carbocycles. The Morgan fingerprint density at radius 3 is 2.31 bits per heavy atom. The second kappa shape index (κ2) is 5.21. The first kappa shape index (κ1) is 12.4. The summed E-state index contributed by atoms with van der Waals surface area (Å²) in [7, 11) is 0. The molecule has 0 aromatic heterocycles. The van der Waals surface area contributed by atoms with E-state index in [4.69, 9.17) is 4.74 Å². The lowest BCUT2D eigenvalue weighted by Crippen LogP contribution is -2.35. The SMILES string of the molecule is CC(C)(C)OC(=O)CNC(=O)CBr. The largest absolute Gasteiger partial charge is 0.459 e. The lowest BCUT2D eigenvalue weighted by atomic mass is 10.2. The van der Waals surface area contributed by atoms with Gasteiger partial charge in [-0.25, -0.2) is 0 Å². The Hall–Kier alpha value is -0.580. The summed E-state index contributed by atoms with van der Waals surface area (Å²) in [5.41, 5.74) is -0.504. The van der Waals surface area contributed by atoms with Crippen molar-refractivity contribution >= 4 is 27.8 Å². The van der Waals surface area contributed by atoms with Gasteiger partial charge in [-0.3, -0.25) is 9.59 Å². The van der Waals surface area contributed by atoms with Crippen LogP contribution in [0.25, 0.3) is 0 Å². The van der Waals surface area contributed by atoms with Crippen LogP contribution in [0.4, 0.5) is 0 Å². The van der Waals surface area contributed by atoms with Crippen molar-refractivity contribution in [2.45, 2.75) is 26.4 Å². The van der Waals surface area contributed by atoms with Gasteiger partial charge in [-0.2, -0.15) is 0 Å². The average Bonchev–Trinajstić information content (AvgIpc) is 1.97. The smallest absolute Gasteiger partial charge is 0.325 e. The molecule has 0 aliphatic rings. The summed E-state index contributed by atoms with van der Waals surface area (Å²) >= 11 is 2.96. The first-order valence-corrected chi connectivity index (χ1v) is 5.02. The van der Waals surface area contributed by atoms with E-state index in [1.54, 1.807) is 20.8 Å². The molecule has 0 spiro atoms. The molecular formula is C8H14BrNO3. The maximum absolute atomic E-state index is 11.0. The molecule has 5 heteroatoms. The number of carbonyl (C=O) groups excluding carboxylic acids is 2. The van der Waals surface area contributed by atoms with Crippen LogP contribution in [0.5, 0.6) is 0 Å². The van der Waals surface area contributed by atoms with E-state index in [2.05, 4.69) is 21.2 Å². The van der Waals surface area contributed by atoms with E-state index in [0.29, 0.717) is 0 Å². The average molecular weight is 252 g/mol. The third-order valence-electron chi connectivity index (χ3n) is 0.971. The highest BCUT2D eigenvalue weighted by Gasteiger charge is 2.16. The zero-order valence-corrected chi connectivity index (χ0v) is 9.60. The van der Waals surface area contributed by atoms with Crippen LogP contribution in [-0.2, 0) is 14.3 Å². The van der Waals surface area contributed by atoms with Crippen LogP contribution in [0.2, 0.25) is 0 Å². The van der Waals surface area contributed by atoms with Crippen LogP contribution < -0.4 is 5.32 Å². The van der Waals surface area contributed by atoms with Gasteiger partial charge >= 0.3 is 5.97 Å². The molecule has 0 unspecified atom stereocenters. The van der Waals surface area contributed by atoms with Crippen LogP contribution in [0, 0.1) is 0 Å². The molecule has 0 aliphatic carbocycles. The molecule has 0 bridgehead atoms. The number of nitrogens with one attached hydrogen (secondary N) is 1. The minimum atomic E-state index is -0.504. The number of hydrogen-bond acceptors (Lipinski definition) is 3. The monoisotopic (exact) mass is 251 g/mol. The summed E-state index contributed by atoms with van der Waals surface area (Å²) in [6.07, 6.45) is 0. The normalized spacial score (nSPS) is 10.8. The molecule has 1 N–H and O–H groups in total. The van der Waals surface area contributed by atoms with E-state index in [9.17, 15) is 9.59 Å². The van der Waals surface area contributed by atoms with Gasteiger partial charge in [-0.15, -0.1) is 0 Å². The van der Waals surface area contributed by atoms with Crippen LogP contribution >= 0.6 is 15.9 Å². The lowest BCUT2D eigenvalue weighted by molar-refractivity contribution is -0.154. The fourth-order valence-electron chi connectivity index (χ4n) is 0.596. The summed E-state index contributed by atoms with van der Waals surface area (Å²) in [4.78, 5) is 21.7. The molecule has 4 nitrogen and oxygen atoms in total. The Bertz CT molecular complexity index is 198. The molecule has 0 aromatic carbocycles. The Balaban J connectivity index is 3.71. The minimum Gasteiger partial charge on any atom is -0.459 e. The van der Waals surface area contributed by atoms with Gasteiger partial charge in [0.2, 0.25) is 5.91 Å². The topological polar surface area (TPSA) is 55.4 Å². The first-order chi connectivity index (χ1) is 5.85. The van der Waals surface area contributed by atoms with Gasteiger partial charge in [0.1, 0.15) is 12.1 Å². The van der Waals surface area contributed by atoms with E-state index in [0.717, 1.165) is 0 Å². The van der Waals surface area contributed by atoms with Gasteiger partial charge in [-0.1, -0.05) is 15.9 Å². The fourth-order valence-corrected chi connectivity index (χ4v) is 0.794. The third kappa shape index (κ3) is 7.77. The van der Waals surface area contributed by atoms with Crippen molar-refractivity contribution in [1.29, 1.82) is 0 Å². The Kier molecular flexibility index (Phi) is 4.98. The molecule has 0 heterocycles. The molecule has 0 atom stereocenters. The van der Waals surface area contributed by atoms with Crippen LogP contribution in [0.3, 0.4) is 0 Å². The number of amides is 1. The summed E-state index contributed by atoms with van der Waals surface area (Å²) in [5.74, 6) is -0.660. The third-order valence-corrected chi connectivity index (χ3v) is 1.48. The van der Waals surface area contributed by atoms with Crippen molar-refractivity contribution in [3.05, 3.63) is 0 Å². The molecule has 0 aromatic rings. The number of esters is 1. The number of hydrogen-bond donors (Lipinski definition) is 1. The summed E-state index contributed by atoms with van der Waals surface area (Å²) < 4.78 is 4.96. The molecule has 1 amide bonds. The highest BCUT2D eigenvalue weighted by Crippen LogP contribution is 2.05. The van der Waals surface area contributed by atoms with Gasteiger partial charge in [0, 0.05) is 0 Å². The summed E-state index contributed by atoms with van der Waals surface area (Å²) in [6, 6.07) is 0. The van der Waals surface area contributed by atoms with E-state index >= 15 is 0 Å². The zero-order chi connectivity index (χ0) is 10.5. The van der Waals surface area contributed by atoms with Gasteiger partial charge in [0.15, 0.2) is 0 Å². The van der Waals surface area contributed by atoms with Gasteiger partial charge < -0.3 is 10.1 Å². The van der Waals surface area contributed by atoms with Gasteiger partial charge in [0.25, 0.3) is 0 Å². The van der Waals surface area contributed by atoms with Crippen molar-refractivity contribution < 1.29 is 14.3 Å². The minimum absolute atomic E-state index is 0.0816. The van der Waals surface area contributed by atoms with Crippen molar-refractivity contribution in [3.8, 4) is 0 Å². The number of carbonyl (C=O) groups is 2. The summed E-state index contributed by atoms with van der Waals surface area (Å²) in [6.45, 7) is 5.24. The van der Waals surface area contributed by atoms with E-state index in [1.807, 2.05) is 0 Å². The highest BCUT2D eigenvalue weighted by atomic mass is 79.9. The Morgan fingerprint density at radius 1 is 1.38 bits per heavy atom. The highest BCUT2D eigenvalue weighted by molar-refractivity contribution is 9.09. The van der Waals surface area contributed by atoms with Crippen molar-refractivity contribution in [2.75, 3.05) is 11.9 Å². The summed E-state index contributed by atoms with van der Waals surface area (Å²) in [5, 5.41) is 2.58. The number of halogens is 1. The molecule has 0 aliphatic heterocycles. The maximum Gasteiger partial charge on any atom is 0.325 e. The van der Waals surface area contributed by atoms with Crippen LogP contribution in [0.1, 0.15) is 20.8 Å². The molecule has 0 rings (SSSR count). The van der Waals surface area contributed by atoms with E-state index in [-0.39, 0.29) is 17.8 Å². The van der Waals surface area contributed by atoms with E-state index in [1.165, 1.54) is 0 Å². The van der Waals surface area contributed by atoms with Crippen molar-refractivity contribution in [3.63, 3.8) is 0 Å². The quantitative estimate of drug-likeness (QED) is 0.598. The molecule has 13 heavy (non-hydrogen) atoms. The molecule has 0 saturated heterocycles. The number of rotatable bonds is 3. The molecule has 0 fully saturated rings. The molecular weight excluding hydrogens is 238 g/mol.